The van der Waals surface area contributed by atoms with E-state index in [1.165, 1.54) is 27.3 Å². The fourth-order valence-corrected chi connectivity index (χ4v) is 4.24. The molecule has 4 heterocycles. The fourth-order valence-electron chi connectivity index (χ4n) is 3.34. The van der Waals surface area contributed by atoms with Crippen LogP contribution in [0, 0.1) is 20.8 Å². The zero-order chi connectivity index (χ0) is 16.7. The molecule has 3 aromatic rings. The lowest BCUT2D eigenvalue weighted by molar-refractivity contribution is 0.701. The maximum Gasteiger partial charge on any atom is 0.131 e. The first-order valence-electron chi connectivity index (χ1n) is 8.20. The second-order valence-electron chi connectivity index (χ2n) is 6.29. The SMILES string of the molecule is Cc1nc(C)c(-c2cnc3c(c2)CN(c2ncccc2C)CC3)s1. The molecule has 0 atom stereocenters. The Morgan fingerprint density at radius 1 is 1.17 bits per heavy atom. The average Bonchev–Trinajstić information content (AvgIpc) is 2.93. The van der Waals surface area contributed by atoms with Gasteiger partial charge in [0.15, 0.2) is 0 Å². The van der Waals surface area contributed by atoms with Crippen LogP contribution >= 0.6 is 11.3 Å². The highest BCUT2D eigenvalue weighted by atomic mass is 32.1. The Balaban J connectivity index is 1.69. The molecule has 0 unspecified atom stereocenters. The van der Waals surface area contributed by atoms with Gasteiger partial charge in [0.05, 0.1) is 15.6 Å². The average molecular weight is 336 g/mol. The Morgan fingerprint density at radius 3 is 2.79 bits per heavy atom. The molecular weight excluding hydrogens is 316 g/mol. The molecule has 0 N–H and O–H groups in total. The van der Waals surface area contributed by atoms with Crippen molar-refractivity contribution in [2.45, 2.75) is 33.7 Å². The molecule has 0 aromatic carbocycles. The third kappa shape index (κ3) is 2.69. The Labute approximate surface area is 146 Å². The molecular formula is C19H20N4S. The number of anilines is 1. The molecule has 4 rings (SSSR count). The van der Waals surface area contributed by atoms with Gasteiger partial charge >= 0.3 is 0 Å². The standard InChI is InChI=1S/C19H20N4S/c1-12-5-4-7-20-19(12)23-8-6-17-16(11-23)9-15(10-21-17)18-13(2)22-14(3)24-18/h4-5,7,9-10H,6,8,11H2,1-3H3. The van der Waals surface area contributed by atoms with E-state index in [0.29, 0.717) is 0 Å². The Hall–Kier alpha value is -2.27. The zero-order valence-electron chi connectivity index (χ0n) is 14.2. The minimum absolute atomic E-state index is 0.866. The van der Waals surface area contributed by atoms with Gasteiger partial charge in [-0.2, -0.15) is 0 Å². The van der Waals surface area contributed by atoms with E-state index in [2.05, 4.69) is 47.8 Å². The van der Waals surface area contributed by atoms with Crippen LogP contribution < -0.4 is 4.90 Å². The highest BCUT2D eigenvalue weighted by Gasteiger charge is 2.21. The van der Waals surface area contributed by atoms with Gasteiger partial charge in [-0.15, -0.1) is 11.3 Å². The first-order valence-corrected chi connectivity index (χ1v) is 9.02. The smallest absolute Gasteiger partial charge is 0.131 e. The van der Waals surface area contributed by atoms with Crippen LogP contribution in [-0.2, 0) is 13.0 Å². The Kier molecular flexibility index (Phi) is 3.81. The van der Waals surface area contributed by atoms with Gasteiger partial charge in [-0.1, -0.05) is 6.07 Å². The summed E-state index contributed by atoms with van der Waals surface area (Å²) in [4.78, 5) is 17.4. The van der Waals surface area contributed by atoms with E-state index in [1.54, 1.807) is 11.3 Å². The van der Waals surface area contributed by atoms with Gasteiger partial charge in [0, 0.05) is 43.2 Å². The minimum atomic E-state index is 0.866. The van der Waals surface area contributed by atoms with Crippen molar-refractivity contribution in [3.63, 3.8) is 0 Å². The maximum absolute atomic E-state index is 4.73. The summed E-state index contributed by atoms with van der Waals surface area (Å²) in [6.07, 6.45) is 4.84. The summed E-state index contributed by atoms with van der Waals surface area (Å²) in [6.45, 7) is 8.08. The second kappa shape index (κ2) is 5.98. The molecule has 0 radical (unpaired) electrons. The molecule has 4 nitrogen and oxygen atoms in total. The summed E-state index contributed by atoms with van der Waals surface area (Å²) in [5.74, 6) is 1.08. The van der Waals surface area contributed by atoms with Crippen molar-refractivity contribution in [3.05, 3.63) is 58.1 Å². The van der Waals surface area contributed by atoms with Gasteiger partial charge in [-0.25, -0.2) is 9.97 Å². The molecule has 3 aromatic heterocycles. The van der Waals surface area contributed by atoms with Crippen molar-refractivity contribution in [3.8, 4) is 10.4 Å². The van der Waals surface area contributed by atoms with Gasteiger partial charge in [-0.3, -0.25) is 4.98 Å². The van der Waals surface area contributed by atoms with Gasteiger partial charge in [0.2, 0.25) is 0 Å². The summed E-state index contributed by atoms with van der Waals surface area (Å²) < 4.78 is 0. The molecule has 0 saturated carbocycles. The third-order valence-corrected chi connectivity index (χ3v) is 5.61. The van der Waals surface area contributed by atoms with Crippen LogP contribution in [0.25, 0.3) is 10.4 Å². The van der Waals surface area contributed by atoms with Gasteiger partial charge in [0.25, 0.3) is 0 Å². The number of rotatable bonds is 2. The second-order valence-corrected chi connectivity index (χ2v) is 7.50. The normalized spacial score (nSPS) is 13.9. The topological polar surface area (TPSA) is 41.9 Å². The summed E-state index contributed by atoms with van der Waals surface area (Å²) in [5.41, 5.74) is 6.00. The molecule has 24 heavy (non-hydrogen) atoms. The fraction of sp³-hybridized carbons (Fsp3) is 0.316. The molecule has 0 aliphatic carbocycles. The first kappa shape index (κ1) is 15.3. The van der Waals surface area contributed by atoms with E-state index in [1.807, 2.05) is 18.5 Å². The lowest BCUT2D eigenvalue weighted by atomic mass is 10.0. The van der Waals surface area contributed by atoms with Crippen LogP contribution in [0.15, 0.2) is 30.6 Å². The zero-order valence-corrected chi connectivity index (χ0v) is 15.0. The largest absolute Gasteiger partial charge is 0.352 e. The predicted octanol–water partition coefficient (Wildman–Crippen LogP) is 4.09. The van der Waals surface area contributed by atoms with Crippen LogP contribution in [0.4, 0.5) is 5.82 Å². The van der Waals surface area contributed by atoms with Crippen molar-refractivity contribution in [1.29, 1.82) is 0 Å². The number of hydrogen-bond acceptors (Lipinski definition) is 5. The molecule has 0 bridgehead atoms. The number of thiazole rings is 1. The minimum Gasteiger partial charge on any atom is -0.352 e. The summed E-state index contributed by atoms with van der Waals surface area (Å²) in [6, 6.07) is 6.40. The van der Waals surface area contributed by atoms with Crippen LogP contribution in [-0.4, -0.2) is 21.5 Å². The number of aryl methyl sites for hydroxylation is 3. The summed E-state index contributed by atoms with van der Waals surface area (Å²) >= 11 is 1.74. The number of aromatic nitrogens is 3. The van der Waals surface area contributed by atoms with Gasteiger partial charge < -0.3 is 4.90 Å². The summed E-state index contributed by atoms with van der Waals surface area (Å²) in [7, 11) is 0. The number of nitrogens with zero attached hydrogens (tertiary/aromatic N) is 4. The van der Waals surface area contributed by atoms with Crippen molar-refractivity contribution >= 4 is 17.2 Å². The van der Waals surface area contributed by atoms with E-state index < -0.39 is 0 Å². The van der Waals surface area contributed by atoms with Crippen LogP contribution in [0.5, 0.6) is 0 Å². The lowest BCUT2D eigenvalue weighted by Gasteiger charge is -2.30. The molecule has 0 amide bonds. The number of hydrogen-bond donors (Lipinski definition) is 0. The van der Waals surface area contributed by atoms with E-state index in [4.69, 9.17) is 4.98 Å². The number of pyridine rings is 2. The maximum atomic E-state index is 4.73. The van der Waals surface area contributed by atoms with Crippen LogP contribution in [0.2, 0.25) is 0 Å². The molecule has 0 spiro atoms. The van der Waals surface area contributed by atoms with E-state index in [-0.39, 0.29) is 0 Å². The number of fused-ring (bicyclic) bond motifs is 1. The monoisotopic (exact) mass is 336 g/mol. The quantitative estimate of drug-likeness (QED) is 0.707. The van der Waals surface area contributed by atoms with Gasteiger partial charge in [0.1, 0.15) is 5.82 Å². The van der Waals surface area contributed by atoms with Crippen molar-refractivity contribution in [2.75, 3.05) is 11.4 Å². The van der Waals surface area contributed by atoms with Crippen LogP contribution in [0.3, 0.4) is 0 Å². The van der Waals surface area contributed by atoms with E-state index >= 15 is 0 Å². The predicted molar refractivity (Wildman–Crippen MR) is 98.5 cm³/mol. The van der Waals surface area contributed by atoms with E-state index in [9.17, 15) is 0 Å². The van der Waals surface area contributed by atoms with Crippen molar-refractivity contribution < 1.29 is 0 Å². The highest BCUT2D eigenvalue weighted by molar-refractivity contribution is 7.15. The molecule has 5 heteroatoms. The third-order valence-electron chi connectivity index (χ3n) is 4.49. The highest BCUT2D eigenvalue weighted by Crippen LogP contribution is 2.32. The first-order chi connectivity index (χ1) is 11.6. The Morgan fingerprint density at radius 2 is 2.04 bits per heavy atom. The van der Waals surface area contributed by atoms with Crippen molar-refractivity contribution in [2.24, 2.45) is 0 Å². The van der Waals surface area contributed by atoms with E-state index in [0.717, 1.165) is 36.0 Å². The molecule has 122 valence electrons. The molecule has 0 fully saturated rings. The lowest BCUT2D eigenvalue weighted by Crippen LogP contribution is -2.32. The van der Waals surface area contributed by atoms with Crippen LogP contribution in [0.1, 0.15) is 27.5 Å². The molecule has 1 aliphatic heterocycles. The van der Waals surface area contributed by atoms with Crippen molar-refractivity contribution in [1.82, 2.24) is 15.0 Å². The van der Waals surface area contributed by atoms with Gasteiger partial charge in [-0.05, 0) is 44.0 Å². The Bertz CT molecular complexity index is 900. The summed E-state index contributed by atoms with van der Waals surface area (Å²) in [5, 5.41) is 1.10. The molecule has 1 aliphatic rings. The molecule has 0 saturated heterocycles.